The molecule has 0 heterocycles. The predicted molar refractivity (Wildman–Crippen MR) is 83.5 cm³/mol. The Morgan fingerprint density at radius 1 is 0.333 bits per heavy atom. The highest BCUT2D eigenvalue weighted by atomic mass is 19.4. The Morgan fingerprint density at radius 2 is 0.588 bits per heavy atom. The fourth-order valence-corrected chi connectivity index (χ4v) is 1.81. The van der Waals surface area contributed by atoms with Crippen molar-refractivity contribution in [3.05, 3.63) is 0 Å². The Labute approximate surface area is 253 Å². The third-order valence-electron chi connectivity index (χ3n) is 4.15. The Morgan fingerprint density at radius 3 is 0.784 bits per heavy atom. The van der Waals surface area contributed by atoms with Crippen LogP contribution >= 0.6 is 0 Å². The topological polar surface area (TPSA) is 71.1 Å². The van der Waals surface area contributed by atoms with E-state index in [0.717, 1.165) is 0 Å². The van der Waals surface area contributed by atoms with Gasteiger partial charge in [0.15, 0.2) is 0 Å². The summed E-state index contributed by atoms with van der Waals surface area (Å²) in [6.45, 7) is 0. The molecule has 0 aliphatic rings. The maximum Gasteiger partial charge on any atom is 0.500 e. The largest absolute Gasteiger partial charge is 0.500 e. The molecule has 0 N–H and O–H groups in total. The van der Waals surface area contributed by atoms with Crippen LogP contribution < -0.4 is 0 Å². The lowest BCUT2D eigenvalue weighted by molar-refractivity contribution is -0.546. The summed E-state index contributed by atoms with van der Waals surface area (Å²) in [5, 5.41) is 0. The zero-order valence-corrected chi connectivity index (χ0v) is 21.3. The lowest BCUT2D eigenvalue weighted by atomic mass is 10.2. The van der Waals surface area contributed by atoms with Crippen LogP contribution in [0.25, 0.3) is 0 Å². The van der Waals surface area contributed by atoms with Crippen LogP contribution in [0.1, 0.15) is 0 Å². The summed E-state index contributed by atoms with van der Waals surface area (Å²) in [5.41, 5.74) is 0. The second-order valence-electron chi connectivity index (χ2n) is 7.83. The molecule has 2 atom stereocenters. The number of hydrogen-bond donors (Lipinski definition) is 0. The van der Waals surface area contributed by atoms with Crippen LogP contribution in [0.15, 0.2) is 0 Å². The molecule has 36 heteroatoms. The Bertz CT molecular complexity index is 1230. The monoisotopic (exact) mass is 846 g/mol. The van der Waals surface area contributed by atoms with Gasteiger partial charge in [-0.25, -0.2) is 9.53 Å². The molecule has 0 fully saturated rings. The minimum Gasteiger partial charge on any atom is -0.370 e. The standard InChI is InChI=1S/C8F16O3.C7F14O3/c9-1(25)2(10,11)26-8(23,24)4(14,6(18,19)20)27-7(21,22)3(12,13)5(15,16)17;8-1(22)23-7(20,21)3(11,5(15,16)17)24-6(18,19)2(9,10)4(12,13)14. The van der Waals surface area contributed by atoms with Crippen molar-refractivity contribution >= 4 is 12.3 Å². The molecule has 51 heavy (non-hydrogen) atoms. The summed E-state index contributed by atoms with van der Waals surface area (Å²) in [6.07, 6.45) is -70.9. The minimum absolute atomic E-state index is 1.23. The van der Waals surface area contributed by atoms with E-state index in [4.69, 9.17) is 0 Å². The van der Waals surface area contributed by atoms with Crippen LogP contribution in [-0.2, 0) is 23.7 Å². The second-order valence-corrected chi connectivity index (χ2v) is 7.83. The van der Waals surface area contributed by atoms with E-state index in [1.807, 2.05) is 0 Å². The van der Waals surface area contributed by atoms with Crippen LogP contribution in [0.3, 0.4) is 0 Å². The summed E-state index contributed by atoms with van der Waals surface area (Å²) in [4.78, 5) is 19.0. The normalized spacial score (nSPS) is 17.5. The smallest absolute Gasteiger partial charge is 0.370 e. The highest BCUT2D eigenvalue weighted by Gasteiger charge is 2.86. The van der Waals surface area contributed by atoms with Crippen molar-refractivity contribution in [1.29, 1.82) is 0 Å². The first kappa shape index (κ1) is 50.0. The molecule has 0 spiro atoms. The molecule has 0 saturated heterocycles. The van der Waals surface area contributed by atoms with Crippen LogP contribution in [0, 0.1) is 0 Å². The highest BCUT2D eigenvalue weighted by molar-refractivity contribution is 5.74. The molecule has 0 aliphatic heterocycles. The van der Waals surface area contributed by atoms with Gasteiger partial charge in [-0.05, 0) is 0 Å². The number of alkyl halides is 28. The third-order valence-corrected chi connectivity index (χ3v) is 4.15. The molecule has 0 aromatic heterocycles. The Balaban J connectivity index is 0. The molecule has 0 amide bonds. The molecule has 0 bridgehead atoms. The molecule has 2 unspecified atom stereocenters. The Kier molecular flexibility index (Phi) is 13.5. The molecular weight excluding hydrogens is 846 g/mol. The second kappa shape index (κ2) is 13.7. The van der Waals surface area contributed by atoms with Crippen molar-refractivity contribution in [2.24, 2.45) is 0 Å². The van der Waals surface area contributed by atoms with E-state index in [-0.39, 0.29) is 0 Å². The van der Waals surface area contributed by atoms with Gasteiger partial charge < -0.3 is 4.74 Å². The van der Waals surface area contributed by atoms with Gasteiger partial charge in [-0.15, -0.1) is 4.39 Å². The van der Waals surface area contributed by atoms with Crippen molar-refractivity contribution in [3.8, 4) is 0 Å². The van der Waals surface area contributed by atoms with Gasteiger partial charge in [-0.1, -0.05) is 0 Å². The number of hydrogen-bond acceptors (Lipinski definition) is 6. The van der Waals surface area contributed by atoms with Gasteiger partial charge in [0.25, 0.3) is 0 Å². The lowest BCUT2D eigenvalue weighted by Gasteiger charge is -2.38. The van der Waals surface area contributed by atoms with Crippen LogP contribution in [0.4, 0.5) is 137 Å². The Hall–Kier alpha value is -3.08. The molecule has 306 valence electrons. The summed E-state index contributed by atoms with van der Waals surface area (Å²) < 4.78 is 374. The maximum absolute atomic E-state index is 13.3. The molecule has 0 saturated carbocycles. The van der Waals surface area contributed by atoms with E-state index in [1.165, 1.54) is 14.2 Å². The highest BCUT2D eigenvalue weighted by Crippen LogP contribution is 2.57. The van der Waals surface area contributed by atoms with E-state index in [1.54, 1.807) is 4.74 Å². The van der Waals surface area contributed by atoms with Crippen LogP contribution in [0.2, 0.25) is 0 Å². The fourth-order valence-electron chi connectivity index (χ4n) is 1.81. The molecule has 0 rings (SSSR count). The van der Waals surface area contributed by atoms with Gasteiger partial charge in [0, 0.05) is 0 Å². The van der Waals surface area contributed by atoms with Gasteiger partial charge in [0.2, 0.25) is 0 Å². The summed E-state index contributed by atoms with van der Waals surface area (Å²) >= 11 is 0. The number of carbonyl (C=O) groups excluding carboxylic acids is 2. The first-order chi connectivity index (χ1) is 21.5. The molecule has 0 radical (unpaired) electrons. The number of ether oxygens (including phenoxy) is 4. The summed E-state index contributed by atoms with van der Waals surface area (Å²) in [6, 6.07) is -4.35. The van der Waals surface area contributed by atoms with Gasteiger partial charge in [0.1, 0.15) is 0 Å². The first-order valence-electron chi connectivity index (χ1n) is 9.96. The van der Waals surface area contributed by atoms with Crippen molar-refractivity contribution in [3.63, 3.8) is 0 Å². The third kappa shape index (κ3) is 9.87. The lowest BCUT2D eigenvalue weighted by Crippen LogP contribution is -2.66. The molecule has 0 aliphatic carbocycles. The van der Waals surface area contributed by atoms with Crippen molar-refractivity contribution in [2.45, 2.75) is 78.8 Å². The summed E-state index contributed by atoms with van der Waals surface area (Å²) in [7, 11) is 0. The number of carbonyl (C=O) groups is 2. The van der Waals surface area contributed by atoms with E-state index >= 15 is 0 Å². The van der Waals surface area contributed by atoms with Gasteiger partial charge in [-0.2, -0.15) is 127 Å². The van der Waals surface area contributed by atoms with Crippen LogP contribution in [-0.4, -0.2) is 91.1 Å². The molecule has 0 aromatic carbocycles. The average Bonchev–Trinajstić information content (AvgIpc) is 2.79. The number of halogens is 30. The van der Waals surface area contributed by atoms with Crippen LogP contribution in [0.5, 0.6) is 0 Å². The quantitative estimate of drug-likeness (QED) is 0.144. The van der Waals surface area contributed by atoms with E-state index in [0.29, 0.717) is 0 Å². The van der Waals surface area contributed by atoms with Crippen molar-refractivity contribution in [2.75, 3.05) is 0 Å². The van der Waals surface area contributed by atoms with E-state index < -0.39 is 91.1 Å². The number of rotatable bonds is 12. The van der Waals surface area contributed by atoms with Gasteiger partial charge >= 0.3 is 91.1 Å². The molecule has 6 nitrogen and oxygen atoms in total. The SMILES string of the molecule is O=C(F)C(F)(F)OC(F)(F)C(F)(OC(F)(F)C(F)(F)C(F)(F)F)C(F)(F)F.O=C(F)OC(F)(F)C(F)(OC(F)(F)C(F)(F)C(F)(F)F)C(F)(F)F. The predicted octanol–water partition coefficient (Wildman–Crippen LogP) is 9.44. The fraction of sp³-hybridized carbons (Fsp3) is 0.867. The summed E-state index contributed by atoms with van der Waals surface area (Å²) in [5.74, 6) is -30.7. The average molecular weight is 846 g/mol. The zero-order valence-electron chi connectivity index (χ0n) is 21.3. The minimum atomic E-state index is -7.85. The van der Waals surface area contributed by atoms with Crippen molar-refractivity contribution in [1.82, 2.24) is 0 Å². The van der Waals surface area contributed by atoms with E-state index in [9.17, 15) is 141 Å². The first-order valence-corrected chi connectivity index (χ1v) is 9.96. The van der Waals surface area contributed by atoms with Crippen molar-refractivity contribution < 1.29 is 160 Å². The van der Waals surface area contributed by atoms with E-state index in [2.05, 4.69) is 0 Å². The molecule has 0 aromatic rings. The zero-order chi connectivity index (χ0) is 42.5. The van der Waals surface area contributed by atoms with Gasteiger partial charge in [-0.3, -0.25) is 14.3 Å². The molecular formula is C15F30O6. The van der Waals surface area contributed by atoms with Gasteiger partial charge in [0.05, 0.1) is 0 Å². The maximum atomic E-state index is 13.3.